The van der Waals surface area contributed by atoms with Crippen LogP contribution < -0.4 is 9.03 Å². The lowest BCUT2D eigenvalue weighted by atomic mass is 9.77. The Morgan fingerprint density at radius 3 is 2.61 bits per heavy atom. The average molecular weight is 480 g/mol. The largest absolute Gasteiger partial charge is 0.417 e. The van der Waals surface area contributed by atoms with E-state index in [2.05, 4.69) is 4.72 Å². The molecule has 4 rings (SSSR count). The van der Waals surface area contributed by atoms with Crippen molar-refractivity contribution < 1.29 is 30.7 Å². The Labute approximate surface area is 180 Å². The normalized spacial score (nSPS) is 35.1. The van der Waals surface area contributed by atoms with Gasteiger partial charge in [0.2, 0.25) is 10.0 Å². The fourth-order valence-electron chi connectivity index (χ4n) is 5.70. The molecule has 12 heteroatoms. The molecule has 0 spiro atoms. The molecule has 3 N–H and O–H groups in total. The standard InChI is InChI=1S/C19H24F3N3O4S2/c1-3-30(26,27)24-17-7-12-6-14(17)16-10-25(31(28,29)18(12,16)2)13-5-4-11(9-23)15(8-13)19(20,21)22/h4-5,8,12,14,16-17,24,28-29H,3,6-7,10H2,1-2H3/t12-,14-,16-,17+,18+/m0/s1. The fraction of sp³-hybridized carbons (Fsp3) is 0.632. The highest BCUT2D eigenvalue weighted by Crippen LogP contribution is 2.76. The molecule has 3 fully saturated rings. The second kappa shape index (κ2) is 6.99. The highest BCUT2D eigenvalue weighted by molar-refractivity contribution is 8.26. The van der Waals surface area contributed by atoms with E-state index in [0.717, 1.165) is 12.1 Å². The smallest absolute Gasteiger partial charge is 0.281 e. The number of benzene rings is 1. The maximum atomic E-state index is 13.4. The molecule has 1 saturated heterocycles. The number of nitrogens with one attached hydrogen (secondary N) is 1. The minimum absolute atomic E-state index is 0.00737. The van der Waals surface area contributed by atoms with E-state index in [0.29, 0.717) is 12.8 Å². The van der Waals surface area contributed by atoms with Gasteiger partial charge in [0.1, 0.15) is 0 Å². The van der Waals surface area contributed by atoms with Gasteiger partial charge in [0.05, 0.1) is 33.4 Å². The van der Waals surface area contributed by atoms with Crippen LogP contribution in [0.2, 0.25) is 0 Å². The number of fused-ring (bicyclic) bond motifs is 5. The van der Waals surface area contributed by atoms with Crippen molar-refractivity contribution in [3.8, 4) is 6.07 Å². The van der Waals surface area contributed by atoms with E-state index in [-0.39, 0.29) is 41.8 Å². The van der Waals surface area contributed by atoms with Gasteiger partial charge in [0, 0.05) is 18.5 Å². The van der Waals surface area contributed by atoms with Crippen molar-refractivity contribution in [2.75, 3.05) is 16.6 Å². The van der Waals surface area contributed by atoms with Gasteiger partial charge in [-0.3, -0.25) is 13.4 Å². The van der Waals surface area contributed by atoms with Crippen LogP contribution in [0.25, 0.3) is 0 Å². The molecule has 0 aromatic heterocycles. The van der Waals surface area contributed by atoms with Crippen molar-refractivity contribution in [1.29, 1.82) is 5.26 Å². The maximum Gasteiger partial charge on any atom is 0.417 e. The van der Waals surface area contributed by atoms with Crippen molar-refractivity contribution >= 4 is 26.5 Å². The molecule has 2 bridgehead atoms. The first-order chi connectivity index (χ1) is 14.3. The summed E-state index contributed by atoms with van der Waals surface area (Å²) < 4.78 is 89.8. The van der Waals surface area contributed by atoms with Crippen LogP contribution in [-0.4, -0.2) is 40.6 Å². The average Bonchev–Trinajstić information content (AvgIpc) is 3.27. The Balaban J connectivity index is 1.70. The zero-order valence-corrected chi connectivity index (χ0v) is 18.6. The van der Waals surface area contributed by atoms with Crippen LogP contribution in [0, 0.1) is 29.1 Å². The molecule has 1 aromatic rings. The summed E-state index contributed by atoms with van der Waals surface area (Å²) in [4.78, 5) is 0. The molecule has 172 valence electrons. The van der Waals surface area contributed by atoms with E-state index in [1.165, 1.54) is 23.4 Å². The molecule has 3 aliphatic rings. The Morgan fingerprint density at radius 2 is 2.03 bits per heavy atom. The number of alkyl halides is 3. The van der Waals surface area contributed by atoms with Gasteiger partial charge >= 0.3 is 6.18 Å². The number of halogens is 3. The molecule has 1 heterocycles. The van der Waals surface area contributed by atoms with Crippen LogP contribution in [0.15, 0.2) is 18.2 Å². The lowest BCUT2D eigenvalue weighted by molar-refractivity contribution is -0.137. The van der Waals surface area contributed by atoms with Crippen LogP contribution in [0.1, 0.15) is 37.8 Å². The third-order valence-corrected chi connectivity index (χ3v) is 11.6. The highest BCUT2D eigenvalue weighted by Gasteiger charge is 2.70. The minimum Gasteiger partial charge on any atom is -0.281 e. The van der Waals surface area contributed by atoms with Gasteiger partial charge in [-0.25, -0.2) is 13.1 Å². The van der Waals surface area contributed by atoms with Crippen molar-refractivity contribution in [3.63, 3.8) is 0 Å². The van der Waals surface area contributed by atoms with Gasteiger partial charge in [0.15, 0.2) is 0 Å². The molecular weight excluding hydrogens is 455 g/mol. The van der Waals surface area contributed by atoms with Crippen LogP contribution in [0.3, 0.4) is 0 Å². The van der Waals surface area contributed by atoms with E-state index in [1.807, 2.05) is 0 Å². The topological polar surface area (TPSA) is 114 Å². The van der Waals surface area contributed by atoms with E-state index < -0.39 is 42.8 Å². The SMILES string of the molecule is CCS(=O)(=O)N[C@@H]1C[C@@H]2C[C@H]1[C@@H]1CN(c3ccc(C#N)c(C(F)(F)F)c3)S(O)(O)[C@]21C. The molecule has 2 saturated carbocycles. The summed E-state index contributed by atoms with van der Waals surface area (Å²) in [6.45, 7) is 3.39. The first-order valence-electron chi connectivity index (χ1n) is 9.93. The molecule has 1 aliphatic heterocycles. The summed E-state index contributed by atoms with van der Waals surface area (Å²) in [6.07, 6.45) is -3.66. The van der Waals surface area contributed by atoms with Gasteiger partial charge in [0.25, 0.3) is 0 Å². The Bertz CT molecular complexity index is 1060. The van der Waals surface area contributed by atoms with Crippen LogP contribution in [0.5, 0.6) is 0 Å². The fourth-order valence-corrected chi connectivity index (χ4v) is 9.14. The first-order valence-corrected chi connectivity index (χ1v) is 13.1. The van der Waals surface area contributed by atoms with E-state index >= 15 is 0 Å². The summed E-state index contributed by atoms with van der Waals surface area (Å²) in [5, 5.41) is 9.02. The van der Waals surface area contributed by atoms with Crippen molar-refractivity contribution in [2.24, 2.45) is 17.8 Å². The van der Waals surface area contributed by atoms with Gasteiger partial charge in [-0.05, 0) is 56.7 Å². The number of nitriles is 1. The van der Waals surface area contributed by atoms with Crippen LogP contribution in [0.4, 0.5) is 18.9 Å². The number of hydrogen-bond acceptors (Lipinski definition) is 6. The van der Waals surface area contributed by atoms with E-state index in [4.69, 9.17) is 5.26 Å². The van der Waals surface area contributed by atoms with E-state index in [9.17, 15) is 30.7 Å². The van der Waals surface area contributed by atoms with Crippen molar-refractivity contribution in [2.45, 2.75) is 43.7 Å². The molecule has 1 aromatic carbocycles. The summed E-state index contributed by atoms with van der Waals surface area (Å²) >= 11 is 0. The third-order valence-electron chi connectivity index (χ3n) is 7.36. The molecule has 0 radical (unpaired) electrons. The monoisotopic (exact) mass is 479 g/mol. The number of hydrogen-bond donors (Lipinski definition) is 3. The Morgan fingerprint density at radius 1 is 1.35 bits per heavy atom. The van der Waals surface area contributed by atoms with E-state index in [1.54, 1.807) is 6.92 Å². The minimum atomic E-state index is -4.76. The molecule has 2 aliphatic carbocycles. The first kappa shape index (κ1) is 22.7. The second-order valence-corrected chi connectivity index (χ2v) is 13.1. The molecule has 31 heavy (non-hydrogen) atoms. The predicted octanol–water partition coefficient (Wildman–Crippen LogP) is 3.79. The number of nitrogens with zero attached hydrogens (tertiary/aromatic N) is 2. The predicted molar refractivity (Wildman–Crippen MR) is 111 cm³/mol. The lowest BCUT2D eigenvalue weighted by Gasteiger charge is -2.52. The molecule has 7 nitrogen and oxygen atoms in total. The second-order valence-electron chi connectivity index (χ2n) is 8.67. The number of rotatable bonds is 4. The highest BCUT2D eigenvalue weighted by atomic mass is 32.3. The van der Waals surface area contributed by atoms with Gasteiger partial charge < -0.3 is 0 Å². The number of anilines is 1. The quantitative estimate of drug-likeness (QED) is 0.606. The summed E-state index contributed by atoms with van der Waals surface area (Å²) in [7, 11) is -6.93. The Hall–Kier alpha value is -1.52. The van der Waals surface area contributed by atoms with Crippen molar-refractivity contribution in [1.82, 2.24) is 4.72 Å². The van der Waals surface area contributed by atoms with Gasteiger partial charge in [-0.15, -0.1) is 10.8 Å². The maximum absolute atomic E-state index is 13.4. The van der Waals surface area contributed by atoms with Gasteiger partial charge in [-0.1, -0.05) is 0 Å². The van der Waals surface area contributed by atoms with Crippen LogP contribution >= 0.6 is 10.8 Å². The number of sulfonamides is 1. The third kappa shape index (κ3) is 3.24. The molecule has 0 unspecified atom stereocenters. The van der Waals surface area contributed by atoms with Crippen molar-refractivity contribution in [3.05, 3.63) is 29.3 Å². The summed E-state index contributed by atoms with van der Waals surface area (Å²) in [5.41, 5.74) is -1.67. The van der Waals surface area contributed by atoms with Crippen LogP contribution in [-0.2, 0) is 16.2 Å². The summed E-state index contributed by atoms with van der Waals surface area (Å²) in [5.74, 6) is -0.642. The zero-order chi connectivity index (χ0) is 23.0. The lowest BCUT2D eigenvalue weighted by Crippen LogP contribution is -2.50. The zero-order valence-electron chi connectivity index (χ0n) is 16.9. The van der Waals surface area contributed by atoms with Gasteiger partial charge in [-0.2, -0.15) is 18.4 Å². The Kier molecular flexibility index (Phi) is 5.11. The summed E-state index contributed by atoms with van der Waals surface area (Å²) in [6, 6.07) is 4.32. The molecular formula is C19H24F3N3O4S2. The molecule has 0 amide bonds. The molecule has 5 atom stereocenters.